The highest BCUT2D eigenvalue weighted by Crippen LogP contribution is 2.12. The fraction of sp³-hybridized carbons (Fsp3) is 0.735. The molecule has 5 nitrogen and oxygen atoms in total. The number of aliphatic hydroxyl groups excluding tert-OH is 3. The molecule has 4 N–H and O–H groups in total. The molecule has 0 saturated heterocycles. The van der Waals surface area contributed by atoms with Gasteiger partial charge in [0.15, 0.2) is 0 Å². The second-order valence-electron chi connectivity index (χ2n) is 10.7. The predicted molar refractivity (Wildman–Crippen MR) is 167 cm³/mol. The van der Waals surface area contributed by atoms with Crippen LogP contribution in [0.15, 0.2) is 48.6 Å². The third-order valence-electron chi connectivity index (χ3n) is 6.89. The van der Waals surface area contributed by atoms with Gasteiger partial charge in [0, 0.05) is 6.42 Å². The first-order valence-corrected chi connectivity index (χ1v) is 15.9. The molecule has 0 aromatic carbocycles. The number of carbonyl (C=O) groups excluding carboxylic acids is 1. The van der Waals surface area contributed by atoms with Crippen molar-refractivity contribution in [3.63, 3.8) is 0 Å². The lowest BCUT2D eigenvalue weighted by atomic mass is 10.0. The molecule has 1 amide bonds. The largest absolute Gasteiger partial charge is 0.394 e. The van der Waals surface area contributed by atoms with E-state index in [1.54, 1.807) is 0 Å². The number of amides is 1. The first-order chi connectivity index (χ1) is 19.1. The standard InChI is InChI=1S/C34H61NO4/c1-3-5-7-9-11-13-15-16-17-18-19-21-23-25-27-29-33(38)35-31(30-36)34(39)32(37)28-26-24-22-20-14-12-10-8-6-4-2/h8,10-11,13,15-16,20,22,31-32,34,36-37,39H,3-7,9,12,14,17-19,21,23-30H2,1-2H3,(H,35,38)/b10-8+,13-11-,16-15-,22-20+. The highest BCUT2D eigenvalue weighted by atomic mass is 16.3. The summed E-state index contributed by atoms with van der Waals surface area (Å²) < 4.78 is 0. The fourth-order valence-corrected chi connectivity index (χ4v) is 4.35. The van der Waals surface area contributed by atoms with Gasteiger partial charge in [-0.3, -0.25) is 4.79 Å². The molecule has 0 rings (SSSR count). The van der Waals surface area contributed by atoms with Crippen LogP contribution in [0.2, 0.25) is 0 Å². The van der Waals surface area contributed by atoms with Gasteiger partial charge in [0.2, 0.25) is 5.91 Å². The maximum absolute atomic E-state index is 12.3. The van der Waals surface area contributed by atoms with Gasteiger partial charge in [-0.1, -0.05) is 107 Å². The van der Waals surface area contributed by atoms with E-state index in [1.165, 1.54) is 51.4 Å². The van der Waals surface area contributed by atoms with Crippen molar-refractivity contribution < 1.29 is 20.1 Å². The van der Waals surface area contributed by atoms with Crippen molar-refractivity contribution in [2.75, 3.05) is 6.61 Å². The van der Waals surface area contributed by atoms with E-state index in [2.05, 4.69) is 67.8 Å². The lowest BCUT2D eigenvalue weighted by Crippen LogP contribution is -2.50. The van der Waals surface area contributed by atoms with Crippen molar-refractivity contribution in [2.24, 2.45) is 0 Å². The van der Waals surface area contributed by atoms with Crippen LogP contribution < -0.4 is 5.32 Å². The Bertz CT molecular complexity index is 656. The number of unbranched alkanes of at least 4 members (excludes halogenated alkanes) is 12. The monoisotopic (exact) mass is 547 g/mol. The first kappa shape index (κ1) is 37.3. The molecule has 0 heterocycles. The molecule has 0 aromatic heterocycles. The van der Waals surface area contributed by atoms with Gasteiger partial charge in [0.05, 0.1) is 18.8 Å². The summed E-state index contributed by atoms with van der Waals surface area (Å²) in [6.45, 7) is 4.01. The van der Waals surface area contributed by atoms with Crippen molar-refractivity contribution in [1.29, 1.82) is 0 Å². The smallest absolute Gasteiger partial charge is 0.220 e. The summed E-state index contributed by atoms with van der Waals surface area (Å²) in [5.41, 5.74) is 0. The maximum atomic E-state index is 12.3. The van der Waals surface area contributed by atoms with Gasteiger partial charge in [-0.05, 0) is 70.6 Å². The predicted octanol–water partition coefficient (Wildman–Crippen LogP) is 7.86. The molecule has 0 aliphatic heterocycles. The molecule has 226 valence electrons. The number of carbonyl (C=O) groups is 1. The van der Waals surface area contributed by atoms with E-state index in [1.807, 2.05) is 0 Å². The Balaban J connectivity index is 3.84. The molecule has 0 saturated carbocycles. The Labute approximate surface area is 240 Å². The molecular weight excluding hydrogens is 486 g/mol. The van der Waals surface area contributed by atoms with E-state index >= 15 is 0 Å². The molecule has 0 aliphatic rings. The van der Waals surface area contributed by atoms with Gasteiger partial charge in [-0.25, -0.2) is 0 Å². The van der Waals surface area contributed by atoms with Crippen molar-refractivity contribution in [3.05, 3.63) is 48.6 Å². The second-order valence-corrected chi connectivity index (χ2v) is 10.7. The van der Waals surface area contributed by atoms with Crippen molar-refractivity contribution in [1.82, 2.24) is 5.32 Å². The zero-order valence-corrected chi connectivity index (χ0v) is 25.2. The lowest BCUT2D eigenvalue weighted by molar-refractivity contribution is -0.124. The van der Waals surface area contributed by atoms with Crippen LogP contribution in [0.4, 0.5) is 0 Å². The third kappa shape index (κ3) is 25.0. The highest BCUT2D eigenvalue weighted by molar-refractivity contribution is 5.76. The van der Waals surface area contributed by atoms with Crippen LogP contribution >= 0.6 is 0 Å². The molecule has 5 heteroatoms. The summed E-state index contributed by atoms with van der Waals surface area (Å²) in [5, 5.41) is 33.1. The number of allylic oxidation sites excluding steroid dienone is 8. The number of hydrogen-bond donors (Lipinski definition) is 4. The minimum absolute atomic E-state index is 0.177. The van der Waals surface area contributed by atoms with Crippen LogP contribution in [0.1, 0.15) is 136 Å². The maximum Gasteiger partial charge on any atom is 0.220 e. The van der Waals surface area contributed by atoms with Gasteiger partial charge in [0.1, 0.15) is 6.10 Å². The van der Waals surface area contributed by atoms with Crippen molar-refractivity contribution in [3.8, 4) is 0 Å². The average Bonchev–Trinajstić information content (AvgIpc) is 2.94. The second kappa shape index (κ2) is 29.3. The Morgan fingerprint density at radius 1 is 0.641 bits per heavy atom. The van der Waals surface area contributed by atoms with Crippen LogP contribution in [0, 0.1) is 0 Å². The van der Waals surface area contributed by atoms with E-state index in [0.29, 0.717) is 12.8 Å². The summed E-state index contributed by atoms with van der Waals surface area (Å²) in [7, 11) is 0. The molecule has 0 aliphatic carbocycles. The van der Waals surface area contributed by atoms with Crippen LogP contribution in [-0.4, -0.2) is 46.1 Å². The van der Waals surface area contributed by atoms with Crippen LogP contribution in [0.5, 0.6) is 0 Å². The van der Waals surface area contributed by atoms with E-state index in [4.69, 9.17) is 0 Å². The molecule has 0 radical (unpaired) electrons. The molecule has 0 aromatic rings. The van der Waals surface area contributed by atoms with Gasteiger partial charge in [0.25, 0.3) is 0 Å². The quantitative estimate of drug-likeness (QED) is 0.0479. The normalized spacial score (nSPS) is 14.7. The number of hydrogen-bond acceptors (Lipinski definition) is 4. The SMILES string of the molecule is CCC/C=C/CC/C=C/CCCC(O)C(O)C(CO)NC(=O)CCCCCCCC/C=C\C=C/CCCCC. The van der Waals surface area contributed by atoms with Crippen molar-refractivity contribution >= 4 is 5.91 Å². The minimum Gasteiger partial charge on any atom is -0.394 e. The third-order valence-corrected chi connectivity index (χ3v) is 6.89. The van der Waals surface area contributed by atoms with Gasteiger partial charge in [-0.2, -0.15) is 0 Å². The lowest BCUT2D eigenvalue weighted by Gasteiger charge is -2.26. The Kier molecular flexibility index (Phi) is 28.0. The number of nitrogens with one attached hydrogen (secondary N) is 1. The summed E-state index contributed by atoms with van der Waals surface area (Å²) in [6.07, 6.45) is 34.8. The zero-order chi connectivity index (χ0) is 28.8. The van der Waals surface area contributed by atoms with Crippen LogP contribution in [0.3, 0.4) is 0 Å². The molecule has 0 bridgehead atoms. The van der Waals surface area contributed by atoms with E-state index in [-0.39, 0.29) is 5.91 Å². The average molecular weight is 548 g/mol. The summed E-state index contributed by atoms with van der Waals surface area (Å²) in [5.74, 6) is -0.177. The van der Waals surface area contributed by atoms with Crippen molar-refractivity contribution in [2.45, 2.75) is 154 Å². The number of rotatable bonds is 27. The highest BCUT2D eigenvalue weighted by Gasteiger charge is 2.26. The minimum atomic E-state index is -1.17. The Hall–Kier alpha value is -1.69. The molecular formula is C34H61NO4. The van der Waals surface area contributed by atoms with Crippen LogP contribution in [-0.2, 0) is 4.79 Å². The van der Waals surface area contributed by atoms with Crippen LogP contribution in [0.25, 0.3) is 0 Å². The number of aliphatic hydroxyl groups is 3. The summed E-state index contributed by atoms with van der Waals surface area (Å²) in [6, 6.07) is -0.836. The molecule has 3 atom stereocenters. The van der Waals surface area contributed by atoms with Gasteiger partial charge >= 0.3 is 0 Å². The van der Waals surface area contributed by atoms with E-state index in [9.17, 15) is 20.1 Å². The summed E-state index contributed by atoms with van der Waals surface area (Å²) >= 11 is 0. The van der Waals surface area contributed by atoms with E-state index in [0.717, 1.165) is 57.8 Å². The summed E-state index contributed by atoms with van der Waals surface area (Å²) in [4.78, 5) is 12.3. The topological polar surface area (TPSA) is 89.8 Å². The molecule has 0 spiro atoms. The Morgan fingerprint density at radius 3 is 1.79 bits per heavy atom. The fourth-order valence-electron chi connectivity index (χ4n) is 4.35. The zero-order valence-electron chi connectivity index (χ0n) is 25.2. The van der Waals surface area contributed by atoms with Gasteiger partial charge in [-0.15, -0.1) is 0 Å². The Morgan fingerprint density at radius 2 is 1.18 bits per heavy atom. The first-order valence-electron chi connectivity index (χ1n) is 15.9. The molecule has 0 fully saturated rings. The molecule has 3 unspecified atom stereocenters. The van der Waals surface area contributed by atoms with E-state index < -0.39 is 24.9 Å². The van der Waals surface area contributed by atoms with Gasteiger partial charge < -0.3 is 20.6 Å². The molecule has 39 heavy (non-hydrogen) atoms.